The highest BCUT2D eigenvalue weighted by molar-refractivity contribution is 5.57. The molecule has 1 aliphatic carbocycles. The second-order valence-corrected chi connectivity index (χ2v) is 3.03. The summed E-state index contributed by atoms with van der Waals surface area (Å²) < 4.78 is 0. The summed E-state index contributed by atoms with van der Waals surface area (Å²) in [5, 5.41) is 12.4. The largest absolute Gasteiger partial charge is 0.508 e. The van der Waals surface area contributed by atoms with Crippen molar-refractivity contribution in [3.05, 3.63) is 40.3 Å². The zero-order chi connectivity index (χ0) is 9.26. The molecular weight excluding hydrogens is 166 g/mol. The van der Waals surface area contributed by atoms with Crippen molar-refractivity contribution in [3.63, 3.8) is 0 Å². The maximum Gasteiger partial charge on any atom is 0.119 e. The Labute approximate surface area is 75.7 Å². The number of hydrogen-bond acceptors (Lipinski definition) is 3. The van der Waals surface area contributed by atoms with E-state index in [2.05, 4.69) is 5.18 Å². The van der Waals surface area contributed by atoms with Gasteiger partial charge in [-0.2, -0.15) is 0 Å². The number of rotatable bonds is 1. The molecule has 0 amide bonds. The van der Waals surface area contributed by atoms with Crippen LogP contribution in [0.4, 0.5) is 5.69 Å². The summed E-state index contributed by atoms with van der Waals surface area (Å²) in [5.74, 6) is 0.256. The maximum absolute atomic E-state index is 10.4. The average Bonchev–Trinajstić information content (AvgIpc) is 2.19. The summed E-state index contributed by atoms with van der Waals surface area (Å²) in [6, 6.07) is 3.08. The van der Waals surface area contributed by atoms with Gasteiger partial charge in [-0.1, -0.05) is 12.2 Å². The Balaban J connectivity index is 2.62. The van der Waals surface area contributed by atoms with Gasteiger partial charge in [-0.3, -0.25) is 0 Å². The summed E-state index contributed by atoms with van der Waals surface area (Å²) in [5.41, 5.74) is 2.13. The molecule has 0 bridgehead atoms. The molecule has 0 unspecified atom stereocenters. The maximum atomic E-state index is 10.4. The quantitative estimate of drug-likeness (QED) is 0.526. The van der Waals surface area contributed by atoms with Crippen LogP contribution < -0.4 is 0 Å². The number of fused-ring (bicyclic) bond motifs is 1. The van der Waals surface area contributed by atoms with Gasteiger partial charge in [-0.25, -0.2) is 0 Å². The first-order valence-corrected chi connectivity index (χ1v) is 4.15. The van der Waals surface area contributed by atoms with Crippen LogP contribution in [0.3, 0.4) is 0 Å². The van der Waals surface area contributed by atoms with Crippen molar-refractivity contribution in [2.45, 2.75) is 12.8 Å². The second-order valence-electron chi connectivity index (χ2n) is 3.03. The lowest BCUT2D eigenvalue weighted by Gasteiger charge is -2.13. The van der Waals surface area contributed by atoms with Gasteiger partial charge in [-0.05, 0) is 35.7 Å². The smallest absolute Gasteiger partial charge is 0.119 e. The lowest BCUT2D eigenvalue weighted by Crippen LogP contribution is -1.97. The van der Waals surface area contributed by atoms with Gasteiger partial charge in [0.05, 0.1) is 0 Å². The minimum Gasteiger partial charge on any atom is -0.508 e. The van der Waals surface area contributed by atoms with E-state index < -0.39 is 0 Å². The minimum absolute atomic E-state index is 0.256. The highest BCUT2D eigenvalue weighted by Crippen LogP contribution is 2.33. The Morgan fingerprint density at radius 2 is 1.85 bits per heavy atom. The number of nitrogens with zero attached hydrogens (tertiary/aromatic N) is 1. The fraction of sp³-hybridized carbons (Fsp3) is 0.200. The fourth-order valence-corrected chi connectivity index (χ4v) is 1.61. The SMILES string of the molecule is O=Nc1ccc(O)c2c1CC=CC2. The predicted molar refractivity (Wildman–Crippen MR) is 50.1 cm³/mol. The van der Waals surface area contributed by atoms with Crippen LogP contribution in [0.1, 0.15) is 11.1 Å². The molecule has 3 nitrogen and oxygen atoms in total. The van der Waals surface area contributed by atoms with Crippen LogP contribution in [0.2, 0.25) is 0 Å². The zero-order valence-corrected chi connectivity index (χ0v) is 7.03. The number of allylic oxidation sites excluding steroid dienone is 2. The Morgan fingerprint density at radius 1 is 1.15 bits per heavy atom. The van der Waals surface area contributed by atoms with Gasteiger partial charge in [0.2, 0.25) is 0 Å². The normalized spacial score (nSPS) is 13.8. The molecule has 66 valence electrons. The van der Waals surface area contributed by atoms with Crippen molar-refractivity contribution in [2.75, 3.05) is 0 Å². The van der Waals surface area contributed by atoms with Crippen molar-refractivity contribution in [2.24, 2.45) is 5.18 Å². The summed E-state index contributed by atoms with van der Waals surface area (Å²) in [7, 11) is 0. The number of hydrogen-bond donors (Lipinski definition) is 1. The number of nitroso groups, excluding NO2 is 1. The Bertz CT molecular complexity index is 383. The van der Waals surface area contributed by atoms with Crippen LogP contribution in [-0.4, -0.2) is 5.11 Å². The zero-order valence-electron chi connectivity index (χ0n) is 7.03. The molecule has 3 heteroatoms. The van der Waals surface area contributed by atoms with Gasteiger partial charge in [0.25, 0.3) is 0 Å². The molecule has 13 heavy (non-hydrogen) atoms. The Hall–Kier alpha value is -1.64. The highest BCUT2D eigenvalue weighted by Gasteiger charge is 2.13. The number of phenolic OH excluding ortho intramolecular Hbond substituents is 1. The predicted octanol–water partition coefficient (Wildman–Crippen LogP) is 2.44. The molecule has 0 aliphatic heterocycles. The van der Waals surface area contributed by atoms with E-state index in [-0.39, 0.29) is 5.75 Å². The second kappa shape index (κ2) is 3.01. The molecule has 0 radical (unpaired) electrons. The first kappa shape index (κ1) is 7.98. The van der Waals surface area contributed by atoms with E-state index in [1.54, 1.807) is 6.07 Å². The van der Waals surface area contributed by atoms with E-state index in [0.717, 1.165) is 11.1 Å². The third kappa shape index (κ3) is 1.22. The first-order chi connectivity index (χ1) is 6.33. The van der Waals surface area contributed by atoms with Gasteiger partial charge in [0.1, 0.15) is 11.4 Å². The van der Waals surface area contributed by atoms with Crippen LogP contribution in [0.5, 0.6) is 5.75 Å². The number of phenols is 1. The van der Waals surface area contributed by atoms with Crippen LogP contribution >= 0.6 is 0 Å². The van der Waals surface area contributed by atoms with Gasteiger partial charge in [-0.15, -0.1) is 4.91 Å². The van der Waals surface area contributed by atoms with Crippen molar-refractivity contribution in [1.29, 1.82) is 0 Å². The summed E-state index contributed by atoms with van der Waals surface area (Å²) >= 11 is 0. The van der Waals surface area contributed by atoms with Crippen LogP contribution in [0.25, 0.3) is 0 Å². The van der Waals surface area contributed by atoms with Crippen molar-refractivity contribution in [1.82, 2.24) is 0 Å². The highest BCUT2D eigenvalue weighted by atomic mass is 16.3. The number of benzene rings is 1. The molecule has 0 atom stereocenters. The number of aromatic hydroxyl groups is 1. The van der Waals surface area contributed by atoms with Gasteiger partial charge in [0.15, 0.2) is 0 Å². The summed E-state index contributed by atoms with van der Waals surface area (Å²) in [4.78, 5) is 10.4. The molecule has 0 saturated heterocycles. The van der Waals surface area contributed by atoms with Gasteiger partial charge in [0, 0.05) is 5.56 Å². The summed E-state index contributed by atoms with van der Waals surface area (Å²) in [6.07, 6.45) is 5.34. The standard InChI is InChI=1S/C10H9NO2/c12-10-6-5-9(11-13)7-3-1-2-4-8(7)10/h1-2,5-6,12H,3-4H2. The summed E-state index contributed by atoms with van der Waals surface area (Å²) in [6.45, 7) is 0. The lowest BCUT2D eigenvalue weighted by atomic mass is 9.94. The van der Waals surface area contributed by atoms with Gasteiger partial charge < -0.3 is 5.11 Å². The van der Waals surface area contributed by atoms with Gasteiger partial charge >= 0.3 is 0 Å². The monoisotopic (exact) mass is 175 g/mol. The molecule has 0 heterocycles. The van der Waals surface area contributed by atoms with E-state index in [0.29, 0.717) is 18.5 Å². The topological polar surface area (TPSA) is 49.7 Å². The molecule has 0 spiro atoms. The third-order valence-electron chi connectivity index (χ3n) is 2.29. The van der Waals surface area contributed by atoms with Crippen molar-refractivity contribution < 1.29 is 5.11 Å². The van der Waals surface area contributed by atoms with Crippen LogP contribution in [0.15, 0.2) is 29.5 Å². The van der Waals surface area contributed by atoms with E-state index >= 15 is 0 Å². The molecular formula is C10H9NO2. The Kier molecular flexibility index (Phi) is 1.85. The lowest BCUT2D eigenvalue weighted by molar-refractivity contribution is 0.468. The molecule has 0 saturated carbocycles. The fourth-order valence-electron chi connectivity index (χ4n) is 1.61. The van der Waals surface area contributed by atoms with Crippen molar-refractivity contribution >= 4 is 5.69 Å². The molecule has 1 aromatic rings. The Morgan fingerprint density at radius 3 is 2.54 bits per heavy atom. The molecule has 0 aromatic heterocycles. The van der Waals surface area contributed by atoms with E-state index in [1.165, 1.54) is 6.07 Å². The van der Waals surface area contributed by atoms with E-state index in [9.17, 15) is 10.0 Å². The molecule has 1 N–H and O–H groups in total. The molecule has 1 aliphatic rings. The average molecular weight is 175 g/mol. The minimum atomic E-state index is 0.256. The third-order valence-corrected chi connectivity index (χ3v) is 2.29. The van der Waals surface area contributed by atoms with Crippen molar-refractivity contribution in [3.8, 4) is 5.75 Å². The van der Waals surface area contributed by atoms with E-state index in [1.807, 2.05) is 12.2 Å². The molecule has 1 aromatic carbocycles. The molecule has 0 fully saturated rings. The molecule has 2 rings (SSSR count). The van der Waals surface area contributed by atoms with E-state index in [4.69, 9.17) is 0 Å². The first-order valence-electron chi connectivity index (χ1n) is 4.15. The van der Waals surface area contributed by atoms with Crippen LogP contribution in [-0.2, 0) is 12.8 Å². The van der Waals surface area contributed by atoms with Crippen LogP contribution in [0, 0.1) is 4.91 Å².